The molecule has 0 N–H and O–H groups in total. The number of allylic oxidation sites excluding steroid dienone is 3. The smallest absolute Gasteiger partial charge is 0.197 e. The summed E-state index contributed by atoms with van der Waals surface area (Å²) >= 11 is 0. The molecular weight excluding hydrogens is 701 g/mol. The van der Waals surface area contributed by atoms with Gasteiger partial charge in [-0.1, -0.05) is 129 Å². The first-order chi connectivity index (χ1) is 26.7. The minimum atomic E-state index is -0.283. The number of nitrogens with zero attached hydrogens (tertiary/aromatic N) is 4. The molecule has 0 saturated heterocycles. The van der Waals surface area contributed by atoms with Gasteiger partial charge in [0.05, 0.1) is 28.0 Å². The number of hydrogen-bond acceptors (Lipinski definition) is 6. The van der Waals surface area contributed by atoms with Gasteiger partial charge in [-0.3, -0.25) is 19.4 Å². The molecule has 0 bridgehead atoms. The number of ketones is 2. The second-order valence-corrected chi connectivity index (χ2v) is 19.0. The van der Waals surface area contributed by atoms with Crippen molar-refractivity contribution in [2.75, 3.05) is 9.80 Å². The van der Waals surface area contributed by atoms with Gasteiger partial charge in [-0.05, 0) is 112 Å². The Hall–Kier alpha value is -5.88. The Morgan fingerprint density at radius 1 is 0.526 bits per heavy atom. The molecule has 0 radical (unpaired) electrons. The summed E-state index contributed by atoms with van der Waals surface area (Å²) in [6.07, 6.45) is 3.67. The van der Waals surface area contributed by atoms with Crippen LogP contribution in [0.4, 0.5) is 23.0 Å². The Kier molecular flexibility index (Phi) is 8.73. The lowest BCUT2D eigenvalue weighted by Crippen LogP contribution is -2.30. The second-order valence-electron chi connectivity index (χ2n) is 19.0. The zero-order chi connectivity index (χ0) is 40.9. The first-order valence-corrected chi connectivity index (χ1v) is 19.9. The lowest BCUT2D eigenvalue weighted by atomic mass is 9.74. The third-order valence-corrected chi connectivity index (χ3v) is 11.4. The minimum absolute atomic E-state index is 0.105. The number of aromatic nitrogens is 2. The van der Waals surface area contributed by atoms with E-state index in [1.165, 1.54) is 16.7 Å². The second kappa shape index (κ2) is 13.1. The SMILES string of the molecule is Cc1cc(C)c(N2/C(=C/C=C3C(=O)c4cc5ccccc5cc4C3=O)N(c3c(C(C)(C)C)cc(C(C)(C)C)cc3C(C)(C)C)c3nc4ccccc4nc32)c(C)c1. The molecule has 6 aromatic rings. The van der Waals surface area contributed by atoms with Crippen molar-refractivity contribution in [3.63, 3.8) is 0 Å². The molecule has 1 aromatic heterocycles. The van der Waals surface area contributed by atoms with Crippen molar-refractivity contribution in [1.82, 2.24) is 9.97 Å². The zero-order valence-electron chi connectivity index (χ0n) is 35.3. The van der Waals surface area contributed by atoms with Crippen molar-refractivity contribution >= 4 is 56.4 Å². The molecular formula is C51H52N4O2. The van der Waals surface area contributed by atoms with Crippen LogP contribution in [0.25, 0.3) is 21.8 Å². The van der Waals surface area contributed by atoms with E-state index in [9.17, 15) is 9.59 Å². The van der Waals surface area contributed by atoms with E-state index in [4.69, 9.17) is 9.97 Å². The summed E-state index contributed by atoms with van der Waals surface area (Å²) < 4.78 is 0. The van der Waals surface area contributed by atoms with Crippen LogP contribution in [0, 0.1) is 20.8 Å². The summed E-state index contributed by atoms with van der Waals surface area (Å²) in [5.41, 5.74) is 10.8. The fraction of sp³-hybridized carbons (Fsp3) is 0.294. The highest BCUT2D eigenvalue weighted by molar-refractivity contribution is 6.40. The Morgan fingerprint density at radius 3 is 1.40 bits per heavy atom. The van der Waals surface area contributed by atoms with Crippen LogP contribution in [0.1, 0.15) is 116 Å². The molecule has 0 spiro atoms. The molecule has 0 unspecified atom stereocenters. The molecule has 57 heavy (non-hydrogen) atoms. The van der Waals surface area contributed by atoms with Crippen molar-refractivity contribution in [3.8, 4) is 0 Å². The summed E-state index contributed by atoms with van der Waals surface area (Å²) in [4.78, 5) is 43.7. The minimum Gasteiger partial charge on any atom is -0.288 e. The maximum absolute atomic E-state index is 14.2. The van der Waals surface area contributed by atoms with Gasteiger partial charge in [-0.2, -0.15) is 0 Å². The topological polar surface area (TPSA) is 66.4 Å². The number of rotatable bonds is 3. The van der Waals surface area contributed by atoms with Gasteiger partial charge >= 0.3 is 0 Å². The lowest BCUT2D eigenvalue weighted by Gasteiger charge is -2.37. The molecule has 8 rings (SSSR count). The standard InChI is InChI=1S/C51H52N4O2/c1-29-23-30(2)43(31(3)24-29)54-42(22-21-35-45(56)36-25-32-17-13-14-18-33(32)26-37(36)46(35)57)55(48-47(54)52-40-19-15-16-20-41(40)53-48)44-38(50(7,8)9)27-34(49(4,5)6)28-39(44)51(10,11)12/h13-28H,1-12H3/b42-22-. The number of anilines is 4. The molecule has 2 aliphatic rings. The number of aryl methyl sites for hydroxylation is 3. The maximum atomic E-state index is 14.2. The van der Waals surface area contributed by atoms with Crippen LogP contribution >= 0.6 is 0 Å². The first-order valence-electron chi connectivity index (χ1n) is 19.9. The normalized spacial score (nSPS) is 15.4. The highest BCUT2D eigenvalue weighted by atomic mass is 16.2. The van der Waals surface area contributed by atoms with Crippen molar-refractivity contribution in [2.45, 2.75) is 99.3 Å². The Balaban J connectivity index is 1.49. The number of fused-ring (bicyclic) bond motifs is 4. The fourth-order valence-electron chi connectivity index (χ4n) is 8.48. The van der Waals surface area contributed by atoms with Crippen LogP contribution in [-0.2, 0) is 16.2 Å². The first kappa shape index (κ1) is 38.0. The largest absolute Gasteiger partial charge is 0.288 e. The van der Waals surface area contributed by atoms with Crippen LogP contribution < -0.4 is 9.80 Å². The highest BCUT2D eigenvalue weighted by Gasteiger charge is 2.43. The van der Waals surface area contributed by atoms with Gasteiger partial charge in [0, 0.05) is 11.1 Å². The van der Waals surface area contributed by atoms with E-state index in [1.807, 2.05) is 66.7 Å². The number of benzene rings is 5. The number of carbonyl (C=O) groups is 2. The summed E-state index contributed by atoms with van der Waals surface area (Å²) in [5, 5.41) is 1.86. The Bertz CT molecular complexity index is 2650. The predicted octanol–water partition coefficient (Wildman–Crippen LogP) is 12.7. The van der Waals surface area contributed by atoms with Gasteiger partial charge in [0.25, 0.3) is 0 Å². The van der Waals surface area contributed by atoms with Gasteiger partial charge in [-0.15, -0.1) is 0 Å². The van der Waals surface area contributed by atoms with Crippen LogP contribution in [0.5, 0.6) is 0 Å². The van der Waals surface area contributed by atoms with Gasteiger partial charge in [-0.25, -0.2) is 9.97 Å². The van der Waals surface area contributed by atoms with Crippen LogP contribution in [0.2, 0.25) is 0 Å². The molecule has 0 saturated carbocycles. The molecule has 6 heteroatoms. The van der Waals surface area contributed by atoms with Crippen molar-refractivity contribution in [3.05, 3.63) is 153 Å². The quantitative estimate of drug-likeness (QED) is 0.132. The van der Waals surface area contributed by atoms with E-state index >= 15 is 0 Å². The third-order valence-electron chi connectivity index (χ3n) is 11.4. The molecule has 0 amide bonds. The molecule has 288 valence electrons. The Labute approximate surface area is 337 Å². The molecule has 0 fully saturated rings. The Morgan fingerprint density at radius 2 is 0.965 bits per heavy atom. The number of para-hydroxylation sites is 2. The summed E-state index contributed by atoms with van der Waals surface area (Å²) in [5.74, 6) is 1.58. The number of hydrogen-bond donors (Lipinski definition) is 0. The van der Waals surface area contributed by atoms with Crippen molar-refractivity contribution in [2.24, 2.45) is 0 Å². The highest BCUT2D eigenvalue weighted by Crippen LogP contribution is 2.54. The van der Waals surface area contributed by atoms with E-state index in [2.05, 4.69) is 117 Å². The molecule has 6 nitrogen and oxygen atoms in total. The van der Waals surface area contributed by atoms with Crippen LogP contribution in [-0.4, -0.2) is 21.5 Å². The van der Waals surface area contributed by atoms with E-state index in [0.29, 0.717) is 22.8 Å². The van der Waals surface area contributed by atoms with Gasteiger partial charge in [0.1, 0.15) is 5.82 Å². The molecule has 1 aliphatic carbocycles. The van der Waals surface area contributed by atoms with Crippen LogP contribution in [0.3, 0.4) is 0 Å². The van der Waals surface area contributed by atoms with Gasteiger partial charge < -0.3 is 0 Å². The van der Waals surface area contributed by atoms with Gasteiger partial charge in [0.15, 0.2) is 23.2 Å². The fourth-order valence-corrected chi connectivity index (χ4v) is 8.48. The summed E-state index contributed by atoms with van der Waals surface area (Å²) in [6.45, 7) is 26.8. The average molecular weight is 753 g/mol. The number of carbonyl (C=O) groups excluding carboxylic acids is 2. The van der Waals surface area contributed by atoms with E-state index in [0.717, 1.165) is 55.7 Å². The third kappa shape index (κ3) is 6.36. The molecule has 5 aromatic carbocycles. The molecule has 0 atom stereocenters. The zero-order valence-corrected chi connectivity index (χ0v) is 35.3. The summed E-state index contributed by atoms with van der Waals surface area (Å²) in [6, 6.07) is 28.7. The van der Waals surface area contributed by atoms with Gasteiger partial charge in [0.2, 0.25) is 0 Å². The summed E-state index contributed by atoms with van der Waals surface area (Å²) in [7, 11) is 0. The number of Topliss-reactive ketones (excluding diaryl/α,β-unsaturated/α-hetero) is 2. The average Bonchev–Trinajstić information content (AvgIpc) is 3.54. The lowest BCUT2D eigenvalue weighted by molar-refractivity contribution is 0.0988. The van der Waals surface area contributed by atoms with Crippen molar-refractivity contribution in [1.29, 1.82) is 0 Å². The van der Waals surface area contributed by atoms with E-state index in [-0.39, 0.29) is 33.4 Å². The molecule has 1 aliphatic heterocycles. The van der Waals surface area contributed by atoms with E-state index in [1.54, 1.807) is 6.08 Å². The predicted molar refractivity (Wildman–Crippen MR) is 236 cm³/mol. The maximum Gasteiger partial charge on any atom is 0.197 e. The molecule has 2 heterocycles. The van der Waals surface area contributed by atoms with Crippen LogP contribution in [0.15, 0.2) is 108 Å². The van der Waals surface area contributed by atoms with Crippen molar-refractivity contribution < 1.29 is 9.59 Å². The van der Waals surface area contributed by atoms with E-state index < -0.39 is 0 Å². The monoisotopic (exact) mass is 752 g/mol.